The third kappa shape index (κ3) is 2.56. The Kier molecular flexibility index (Phi) is 3.78. The van der Waals surface area contributed by atoms with Crippen LogP contribution < -0.4 is 5.73 Å². The lowest BCUT2D eigenvalue weighted by atomic mass is 10.1. The van der Waals surface area contributed by atoms with Crippen LogP contribution in [0, 0.1) is 12.7 Å². The molecule has 122 valence electrons. The van der Waals surface area contributed by atoms with Gasteiger partial charge in [0.25, 0.3) is 0 Å². The van der Waals surface area contributed by atoms with Crippen LogP contribution in [0.2, 0.25) is 0 Å². The number of rotatable bonds is 4. The highest BCUT2D eigenvalue weighted by atomic mass is 32.2. The molecule has 3 rings (SSSR count). The van der Waals surface area contributed by atoms with Crippen molar-refractivity contribution in [3.63, 3.8) is 0 Å². The van der Waals surface area contributed by atoms with E-state index in [-0.39, 0.29) is 4.90 Å². The number of nitrogens with two attached hydrogens (primary N) is 1. The number of aliphatic hydroxyl groups is 1. The van der Waals surface area contributed by atoms with Crippen LogP contribution in [0.15, 0.2) is 53.4 Å². The SMILES string of the molecule is Cc1ccc(S(=O)(=O)[C@@H]2[C@@H](c3ccc(F)cc3)[C@@]2(N)CO)cc1. The predicted octanol–water partition coefficient (Wildman–Crippen LogP) is 1.76. The molecule has 1 aliphatic carbocycles. The Hall–Kier alpha value is -1.76. The molecule has 0 radical (unpaired) electrons. The van der Waals surface area contributed by atoms with Crippen LogP contribution >= 0.6 is 0 Å². The molecule has 3 N–H and O–H groups in total. The summed E-state index contributed by atoms with van der Waals surface area (Å²) in [6, 6.07) is 12.1. The topological polar surface area (TPSA) is 80.4 Å². The van der Waals surface area contributed by atoms with Crippen molar-refractivity contribution in [2.24, 2.45) is 5.73 Å². The molecule has 1 aliphatic rings. The van der Waals surface area contributed by atoms with E-state index in [0.717, 1.165) is 5.56 Å². The van der Waals surface area contributed by atoms with Gasteiger partial charge in [-0.2, -0.15) is 0 Å². The Labute approximate surface area is 134 Å². The van der Waals surface area contributed by atoms with Crippen LogP contribution in [-0.2, 0) is 9.84 Å². The number of aryl methyl sites for hydroxylation is 1. The van der Waals surface area contributed by atoms with Crippen molar-refractivity contribution in [2.75, 3.05) is 6.61 Å². The number of aliphatic hydroxyl groups excluding tert-OH is 1. The first-order chi connectivity index (χ1) is 10.8. The quantitative estimate of drug-likeness (QED) is 0.892. The molecule has 0 saturated heterocycles. The molecule has 0 spiro atoms. The monoisotopic (exact) mass is 335 g/mol. The lowest BCUT2D eigenvalue weighted by molar-refractivity contribution is 0.253. The molecule has 0 heterocycles. The highest BCUT2D eigenvalue weighted by Crippen LogP contribution is 2.55. The summed E-state index contributed by atoms with van der Waals surface area (Å²) in [5.41, 5.74) is 6.46. The van der Waals surface area contributed by atoms with Crippen LogP contribution in [0.1, 0.15) is 17.0 Å². The first-order valence-electron chi connectivity index (χ1n) is 7.26. The van der Waals surface area contributed by atoms with Gasteiger partial charge in [-0.3, -0.25) is 0 Å². The number of hydrogen-bond acceptors (Lipinski definition) is 4. The van der Waals surface area contributed by atoms with Gasteiger partial charge in [0.15, 0.2) is 9.84 Å². The highest BCUT2D eigenvalue weighted by molar-refractivity contribution is 7.92. The fraction of sp³-hybridized carbons (Fsp3) is 0.294. The van der Waals surface area contributed by atoms with Crippen LogP contribution in [0.4, 0.5) is 4.39 Å². The summed E-state index contributed by atoms with van der Waals surface area (Å²) in [6.45, 7) is 1.42. The Morgan fingerprint density at radius 1 is 1.13 bits per heavy atom. The van der Waals surface area contributed by atoms with E-state index >= 15 is 0 Å². The van der Waals surface area contributed by atoms with Crippen molar-refractivity contribution in [1.29, 1.82) is 0 Å². The number of benzene rings is 2. The third-order valence-electron chi connectivity index (χ3n) is 4.49. The maximum atomic E-state index is 13.1. The summed E-state index contributed by atoms with van der Waals surface area (Å²) in [5.74, 6) is -0.960. The van der Waals surface area contributed by atoms with Crippen molar-refractivity contribution in [3.8, 4) is 0 Å². The second-order valence-corrected chi connectivity index (χ2v) is 8.15. The van der Waals surface area contributed by atoms with Crippen molar-refractivity contribution in [3.05, 3.63) is 65.5 Å². The average molecular weight is 335 g/mol. The first kappa shape index (κ1) is 16.1. The van der Waals surface area contributed by atoms with Crippen molar-refractivity contribution in [2.45, 2.75) is 28.5 Å². The van der Waals surface area contributed by atoms with Crippen molar-refractivity contribution >= 4 is 9.84 Å². The molecule has 1 fully saturated rings. The Bertz CT molecular complexity index is 818. The van der Waals surface area contributed by atoms with Crippen molar-refractivity contribution < 1.29 is 17.9 Å². The fourth-order valence-corrected chi connectivity index (χ4v) is 5.41. The van der Waals surface area contributed by atoms with Gasteiger partial charge in [-0.1, -0.05) is 29.8 Å². The normalized spacial score (nSPS) is 27.0. The number of halogens is 1. The van der Waals surface area contributed by atoms with Gasteiger partial charge >= 0.3 is 0 Å². The van der Waals surface area contributed by atoms with Gasteiger partial charge in [-0.05, 0) is 36.8 Å². The van der Waals surface area contributed by atoms with Crippen LogP contribution in [0.3, 0.4) is 0 Å². The summed E-state index contributed by atoms with van der Waals surface area (Å²) in [7, 11) is -3.69. The lowest BCUT2D eigenvalue weighted by Crippen LogP contribution is -2.35. The smallest absolute Gasteiger partial charge is 0.183 e. The van der Waals surface area contributed by atoms with Crippen LogP contribution in [-0.4, -0.2) is 30.9 Å². The van der Waals surface area contributed by atoms with Gasteiger partial charge in [-0.25, -0.2) is 12.8 Å². The molecular formula is C17H18FNO3S. The van der Waals surface area contributed by atoms with E-state index in [9.17, 15) is 17.9 Å². The largest absolute Gasteiger partial charge is 0.394 e. The zero-order valence-corrected chi connectivity index (χ0v) is 13.4. The summed E-state index contributed by atoms with van der Waals surface area (Å²) in [4.78, 5) is 0.181. The molecule has 0 aliphatic heterocycles. The van der Waals surface area contributed by atoms with Gasteiger partial charge in [-0.15, -0.1) is 0 Å². The van der Waals surface area contributed by atoms with Crippen molar-refractivity contribution in [1.82, 2.24) is 0 Å². The van der Waals surface area contributed by atoms with Gasteiger partial charge in [0, 0.05) is 5.92 Å². The second kappa shape index (κ2) is 5.40. The summed E-state index contributed by atoms with van der Waals surface area (Å²) < 4.78 is 38.8. The predicted molar refractivity (Wildman–Crippen MR) is 85.3 cm³/mol. The van der Waals surface area contributed by atoms with Crippen LogP contribution in [0.25, 0.3) is 0 Å². The Morgan fingerprint density at radius 2 is 1.70 bits per heavy atom. The van der Waals surface area contributed by atoms with Gasteiger partial charge in [0.1, 0.15) is 5.82 Å². The summed E-state index contributed by atoms with van der Waals surface area (Å²) in [6.07, 6.45) is 0. The minimum Gasteiger partial charge on any atom is -0.394 e. The molecule has 2 aromatic carbocycles. The second-order valence-electron chi connectivity index (χ2n) is 6.08. The van der Waals surface area contributed by atoms with E-state index in [4.69, 9.17) is 5.73 Å². The van der Waals surface area contributed by atoms with E-state index in [0.29, 0.717) is 5.56 Å². The summed E-state index contributed by atoms with van der Waals surface area (Å²) >= 11 is 0. The molecule has 2 aromatic rings. The molecule has 0 bridgehead atoms. The van der Waals surface area contributed by atoms with Gasteiger partial charge in [0.05, 0.1) is 22.3 Å². The Balaban J connectivity index is 2.01. The number of sulfone groups is 1. The summed E-state index contributed by atoms with van der Waals surface area (Å²) in [5, 5.41) is 8.69. The average Bonchev–Trinajstić information content (AvgIpc) is 3.16. The minimum atomic E-state index is -3.69. The maximum Gasteiger partial charge on any atom is 0.183 e. The minimum absolute atomic E-state index is 0.181. The molecule has 1 saturated carbocycles. The van der Waals surface area contributed by atoms with E-state index in [1.807, 2.05) is 6.92 Å². The Morgan fingerprint density at radius 3 is 2.22 bits per heavy atom. The van der Waals surface area contributed by atoms with Gasteiger partial charge in [0.2, 0.25) is 0 Å². The fourth-order valence-electron chi connectivity index (χ4n) is 3.11. The molecule has 0 amide bonds. The van der Waals surface area contributed by atoms with E-state index < -0.39 is 39.0 Å². The molecule has 6 heteroatoms. The van der Waals surface area contributed by atoms with E-state index in [1.165, 1.54) is 24.3 Å². The standard InChI is InChI=1S/C17H18FNO3S/c1-11-2-8-14(9-3-11)23(21,22)16-15(17(16,19)10-20)12-4-6-13(18)7-5-12/h2-9,15-16,20H,10,19H2,1H3/t15-,16-,17+/m1/s1. The van der Waals surface area contributed by atoms with E-state index in [2.05, 4.69) is 0 Å². The van der Waals surface area contributed by atoms with E-state index in [1.54, 1.807) is 24.3 Å². The molecular weight excluding hydrogens is 317 g/mol. The lowest BCUT2D eigenvalue weighted by Gasteiger charge is -2.08. The number of hydrogen-bond donors (Lipinski definition) is 2. The highest BCUT2D eigenvalue weighted by Gasteiger charge is 2.69. The molecule has 23 heavy (non-hydrogen) atoms. The van der Waals surface area contributed by atoms with Gasteiger partial charge < -0.3 is 10.8 Å². The zero-order valence-electron chi connectivity index (χ0n) is 12.6. The third-order valence-corrected chi connectivity index (χ3v) is 6.80. The maximum absolute atomic E-state index is 13.1. The first-order valence-corrected chi connectivity index (χ1v) is 8.81. The molecule has 0 aromatic heterocycles. The molecule has 4 nitrogen and oxygen atoms in total. The molecule has 0 unspecified atom stereocenters. The zero-order chi connectivity index (χ0) is 16.8. The van der Waals surface area contributed by atoms with Crippen LogP contribution in [0.5, 0.6) is 0 Å². The molecule has 3 atom stereocenters.